The molecular weight excluding hydrogens is 574 g/mol. The molecule has 0 aliphatic carbocycles. The van der Waals surface area contributed by atoms with Crippen LogP contribution in [0.15, 0.2) is 72.8 Å². The Hall–Kier alpha value is -4.22. The van der Waals surface area contributed by atoms with Crippen molar-refractivity contribution in [2.75, 3.05) is 44.2 Å². The average molecular weight is 605 g/mol. The summed E-state index contributed by atoms with van der Waals surface area (Å²) in [6.45, 7) is 2.09. The number of carbonyl (C=O) groups excluding carboxylic acids is 2. The molecule has 1 N–H and O–H groups in total. The first-order valence-corrected chi connectivity index (χ1v) is 13.9. The minimum Gasteiger partial charge on any atom is -0.368 e. The normalized spacial score (nSPS) is 17.9. The second-order valence-corrected chi connectivity index (χ2v) is 10.8. The molecule has 2 aliphatic heterocycles. The lowest BCUT2D eigenvalue weighted by Gasteiger charge is -2.44. The molecule has 0 aromatic heterocycles. The first kappa shape index (κ1) is 30.2. The quantitative estimate of drug-likeness (QED) is 0.375. The highest BCUT2D eigenvalue weighted by molar-refractivity contribution is 5.89. The van der Waals surface area contributed by atoms with Crippen molar-refractivity contribution in [1.29, 1.82) is 0 Å². The van der Waals surface area contributed by atoms with E-state index in [9.17, 15) is 35.9 Å². The Morgan fingerprint density at radius 3 is 1.65 bits per heavy atom. The summed E-state index contributed by atoms with van der Waals surface area (Å²) in [4.78, 5) is 32.4. The molecule has 0 bridgehead atoms. The summed E-state index contributed by atoms with van der Waals surface area (Å²) >= 11 is 0. The third-order valence-electron chi connectivity index (χ3n) is 8.27. The van der Waals surface area contributed by atoms with Crippen molar-refractivity contribution in [2.24, 2.45) is 0 Å². The first-order valence-electron chi connectivity index (χ1n) is 13.9. The molecule has 12 heteroatoms. The molecule has 2 heterocycles. The highest BCUT2D eigenvalue weighted by Gasteiger charge is 2.49. The number of nitrogens with zero attached hydrogens (tertiary/aromatic N) is 3. The number of hydrogen-bond donors (Lipinski definition) is 1. The Labute approximate surface area is 244 Å². The number of rotatable bonds is 5. The van der Waals surface area contributed by atoms with E-state index in [-0.39, 0.29) is 43.3 Å². The molecule has 2 saturated heterocycles. The van der Waals surface area contributed by atoms with Gasteiger partial charge < -0.3 is 20.0 Å². The van der Waals surface area contributed by atoms with Gasteiger partial charge in [-0.3, -0.25) is 4.79 Å². The van der Waals surface area contributed by atoms with Crippen LogP contribution in [0.2, 0.25) is 0 Å². The fourth-order valence-electron chi connectivity index (χ4n) is 5.78. The van der Waals surface area contributed by atoms with Gasteiger partial charge >= 0.3 is 12.2 Å². The number of benzene rings is 3. The molecule has 3 amide bonds. The summed E-state index contributed by atoms with van der Waals surface area (Å²) < 4.78 is 82.8. The lowest BCUT2D eigenvalue weighted by atomic mass is 9.71. The molecule has 2 fully saturated rings. The van der Waals surface area contributed by atoms with E-state index < -0.39 is 35.2 Å². The van der Waals surface area contributed by atoms with E-state index in [4.69, 9.17) is 0 Å². The van der Waals surface area contributed by atoms with E-state index >= 15 is 0 Å². The summed E-state index contributed by atoms with van der Waals surface area (Å²) in [6.07, 6.45) is -4.84. The number of carbonyl (C=O) groups is 2. The number of hydrogen-bond acceptors (Lipinski definition) is 3. The molecule has 3 aromatic carbocycles. The molecule has 1 atom stereocenters. The van der Waals surface area contributed by atoms with Crippen LogP contribution in [-0.4, -0.2) is 67.2 Å². The number of nitrogens with one attached hydrogen (secondary N) is 1. The zero-order valence-electron chi connectivity index (χ0n) is 23.1. The van der Waals surface area contributed by atoms with Crippen molar-refractivity contribution in [3.05, 3.63) is 101 Å². The SMILES string of the molecule is O=C(N1CCN(c2ccc(F)cc2)CC1)N1CCC(C(=O)NC(c2ccc(F)cc2)C(F)(F)F)(c2ccc(F)cc2)CC1. The molecule has 5 rings (SSSR count). The van der Waals surface area contributed by atoms with Crippen LogP contribution in [0.1, 0.15) is 30.0 Å². The van der Waals surface area contributed by atoms with Crippen molar-refractivity contribution in [2.45, 2.75) is 30.5 Å². The van der Waals surface area contributed by atoms with Crippen molar-refractivity contribution >= 4 is 17.6 Å². The predicted molar refractivity (Wildman–Crippen MR) is 148 cm³/mol. The number of anilines is 1. The van der Waals surface area contributed by atoms with Gasteiger partial charge in [-0.25, -0.2) is 18.0 Å². The van der Waals surface area contributed by atoms with E-state index in [1.165, 1.54) is 24.3 Å². The Bertz CT molecular complexity index is 1410. The van der Waals surface area contributed by atoms with Crippen LogP contribution in [0, 0.1) is 17.5 Å². The maximum Gasteiger partial charge on any atom is 0.412 e. The number of piperidine rings is 1. The number of piperazine rings is 1. The average Bonchev–Trinajstić information content (AvgIpc) is 3.00. The lowest BCUT2D eigenvalue weighted by Crippen LogP contribution is -2.58. The number of amides is 3. The molecule has 3 aromatic rings. The van der Waals surface area contributed by atoms with Crippen LogP contribution in [0.5, 0.6) is 0 Å². The molecule has 0 spiro atoms. The van der Waals surface area contributed by atoms with E-state index in [2.05, 4.69) is 5.32 Å². The van der Waals surface area contributed by atoms with Crippen LogP contribution < -0.4 is 10.2 Å². The number of alkyl halides is 3. The smallest absolute Gasteiger partial charge is 0.368 e. The molecule has 228 valence electrons. The molecule has 2 aliphatic rings. The number of urea groups is 1. The molecule has 43 heavy (non-hydrogen) atoms. The van der Waals surface area contributed by atoms with Gasteiger partial charge in [-0.15, -0.1) is 0 Å². The van der Waals surface area contributed by atoms with E-state index in [0.29, 0.717) is 31.7 Å². The monoisotopic (exact) mass is 604 g/mol. The Morgan fingerprint density at radius 2 is 1.14 bits per heavy atom. The second kappa shape index (κ2) is 12.2. The van der Waals surface area contributed by atoms with E-state index in [1.807, 2.05) is 4.90 Å². The van der Waals surface area contributed by atoms with Crippen LogP contribution >= 0.6 is 0 Å². The molecule has 6 nitrogen and oxygen atoms in total. The van der Waals surface area contributed by atoms with Crippen molar-refractivity contribution in [1.82, 2.24) is 15.1 Å². The molecular formula is C31H30F6N4O2. The molecule has 1 unspecified atom stereocenters. The second-order valence-electron chi connectivity index (χ2n) is 10.8. The maximum atomic E-state index is 14.1. The fourth-order valence-corrected chi connectivity index (χ4v) is 5.78. The van der Waals surface area contributed by atoms with Crippen molar-refractivity contribution in [3.63, 3.8) is 0 Å². The Kier molecular flexibility index (Phi) is 8.57. The maximum absolute atomic E-state index is 14.1. The van der Waals surface area contributed by atoms with Gasteiger partial charge in [-0.2, -0.15) is 13.2 Å². The van der Waals surface area contributed by atoms with Gasteiger partial charge in [0.05, 0.1) is 5.41 Å². The standard InChI is InChI=1S/C31H30F6N4O2/c32-23-5-1-21(2-6-23)27(31(35,36)37)38-28(42)30(22-3-7-24(33)8-4-22)13-15-40(16-14-30)29(43)41-19-17-39(18-20-41)26-11-9-25(34)10-12-26/h1-12,27H,13-20H2,(H,38,42). The van der Waals surface area contributed by atoms with Gasteiger partial charge in [0.25, 0.3) is 0 Å². The largest absolute Gasteiger partial charge is 0.412 e. The Morgan fingerprint density at radius 1 is 0.674 bits per heavy atom. The lowest BCUT2D eigenvalue weighted by molar-refractivity contribution is -0.165. The summed E-state index contributed by atoms with van der Waals surface area (Å²) in [5, 5.41) is 2.12. The number of halogens is 6. The van der Waals surface area contributed by atoms with E-state index in [0.717, 1.165) is 42.1 Å². The first-order chi connectivity index (χ1) is 20.5. The van der Waals surface area contributed by atoms with Crippen molar-refractivity contribution < 1.29 is 35.9 Å². The predicted octanol–water partition coefficient (Wildman–Crippen LogP) is 5.80. The van der Waals surface area contributed by atoms with Gasteiger partial charge in [0.15, 0.2) is 6.04 Å². The number of likely N-dealkylation sites (tertiary alicyclic amines) is 1. The minimum atomic E-state index is -4.87. The fraction of sp³-hybridized carbons (Fsp3) is 0.355. The highest BCUT2D eigenvalue weighted by Crippen LogP contribution is 2.39. The topological polar surface area (TPSA) is 55.9 Å². The van der Waals surface area contributed by atoms with Gasteiger partial charge in [0.1, 0.15) is 17.5 Å². The van der Waals surface area contributed by atoms with E-state index in [1.54, 1.807) is 21.9 Å². The van der Waals surface area contributed by atoms with Gasteiger partial charge in [0, 0.05) is 45.0 Å². The zero-order chi connectivity index (χ0) is 30.8. The summed E-state index contributed by atoms with van der Waals surface area (Å²) in [6, 6.07) is 12.2. The van der Waals surface area contributed by atoms with Gasteiger partial charge in [-0.1, -0.05) is 24.3 Å². The van der Waals surface area contributed by atoms with Crippen LogP contribution in [0.25, 0.3) is 0 Å². The van der Waals surface area contributed by atoms with Crippen molar-refractivity contribution in [3.8, 4) is 0 Å². The summed E-state index contributed by atoms with van der Waals surface area (Å²) in [5.74, 6) is -2.53. The summed E-state index contributed by atoms with van der Waals surface area (Å²) in [7, 11) is 0. The van der Waals surface area contributed by atoms with Crippen LogP contribution in [0.4, 0.5) is 36.8 Å². The zero-order valence-corrected chi connectivity index (χ0v) is 23.1. The summed E-state index contributed by atoms with van der Waals surface area (Å²) in [5.41, 5.74) is -0.607. The van der Waals surface area contributed by atoms with Gasteiger partial charge in [0.2, 0.25) is 5.91 Å². The third-order valence-corrected chi connectivity index (χ3v) is 8.27. The Balaban J connectivity index is 1.30. The minimum absolute atomic E-state index is 0.0136. The van der Waals surface area contributed by atoms with Crippen LogP contribution in [0.3, 0.4) is 0 Å². The highest BCUT2D eigenvalue weighted by atomic mass is 19.4. The van der Waals surface area contributed by atoms with Crippen LogP contribution in [-0.2, 0) is 10.2 Å². The molecule has 0 radical (unpaired) electrons. The third kappa shape index (κ3) is 6.57. The van der Waals surface area contributed by atoms with Gasteiger partial charge in [-0.05, 0) is 72.5 Å². The molecule has 0 saturated carbocycles.